The van der Waals surface area contributed by atoms with E-state index in [0.717, 1.165) is 31.1 Å². The van der Waals surface area contributed by atoms with Crippen LogP contribution >= 0.6 is 0 Å². The Hall–Kier alpha value is -0.680. The van der Waals surface area contributed by atoms with Crippen molar-refractivity contribution in [3.63, 3.8) is 0 Å². The molecule has 0 aromatic heterocycles. The minimum atomic E-state index is 0. The summed E-state index contributed by atoms with van der Waals surface area (Å²) in [5.74, 6) is 1.69. The predicted molar refractivity (Wildman–Crippen MR) is 93.1 cm³/mol. The largest absolute Gasteiger partial charge is 1.00 e. The van der Waals surface area contributed by atoms with E-state index >= 15 is 0 Å². The second-order valence-electron chi connectivity index (χ2n) is 6.68. The molecule has 2 heterocycles. The molecule has 25 heavy (non-hydrogen) atoms. The van der Waals surface area contributed by atoms with E-state index in [0.29, 0.717) is 0 Å². The molecule has 0 N–H and O–H groups in total. The summed E-state index contributed by atoms with van der Waals surface area (Å²) in [5, 5.41) is 0. The van der Waals surface area contributed by atoms with Crippen molar-refractivity contribution >= 4 is 0 Å². The molecule has 2 saturated heterocycles. The quantitative estimate of drug-likeness (QED) is 0.532. The Bertz CT molecular complexity index is 478. The number of methoxy groups -OCH3 is 1. The first kappa shape index (κ1) is 22.4. The second kappa shape index (κ2) is 11.8. The standard InChI is InChI=1S/C19H30N2O2.2ClH/c1-22-17-10-4-5-11-18(17)23-19(21-14-8-3-9-15-21)16-20-12-6-2-7-13-20;;/h4-5,10-11,19H,2-3,6-9,12-16H2,1H3;2*1H/p-2. The molecule has 1 aromatic carbocycles. The summed E-state index contributed by atoms with van der Waals surface area (Å²) in [6, 6.07) is 8.01. The van der Waals surface area contributed by atoms with Crippen molar-refractivity contribution in [1.29, 1.82) is 0 Å². The summed E-state index contributed by atoms with van der Waals surface area (Å²) in [4.78, 5) is 5.09. The third kappa shape index (κ3) is 6.52. The number of ether oxygens (including phenoxy) is 2. The van der Waals surface area contributed by atoms with Crippen molar-refractivity contribution in [2.45, 2.75) is 44.8 Å². The highest BCUT2D eigenvalue weighted by Crippen LogP contribution is 2.28. The van der Waals surface area contributed by atoms with Gasteiger partial charge < -0.3 is 34.3 Å². The number of hydrogen-bond acceptors (Lipinski definition) is 4. The lowest BCUT2D eigenvalue weighted by Crippen LogP contribution is -3.00. The molecular formula is C19H30Cl2N2O2-2. The molecule has 144 valence electrons. The summed E-state index contributed by atoms with van der Waals surface area (Å²) in [6.07, 6.45) is 8.06. The average molecular weight is 389 g/mol. The number of piperidine rings is 2. The van der Waals surface area contributed by atoms with Gasteiger partial charge in [0.1, 0.15) is 0 Å². The molecule has 0 saturated carbocycles. The Morgan fingerprint density at radius 2 is 1.40 bits per heavy atom. The van der Waals surface area contributed by atoms with Crippen LogP contribution in [0.2, 0.25) is 0 Å². The van der Waals surface area contributed by atoms with Crippen molar-refractivity contribution in [1.82, 2.24) is 9.80 Å². The summed E-state index contributed by atoms with van der Waals surface area (Å²) >= 11 is 0. The topological polar surface area (TPSA) is 24.9 Å². The maximum atomic E-state index is 6.44. The number of benzene rings is 1. The fraction of sp³-hybridized carbons (Fsp3) is 0.684. The zero-order valence-electron chi connectivity index (χ0n) is 15.1. The van der Waals surface area contributed by atoms with Gasteiger partial charge in [0.15, 0.2) is 17.7 Å². The van der Waals surface area contributed by atoms with Crippen LogP contribution in [-0.2, 0) is 0 Å². The number of para-hydroxylation sites is 2. The zero-order valence-corrected chi connectivity index (χ0v) is 16.6. The lowest BCUT2D eigenvalue weighted by atomic mass is 10.1. The molecule has 0 radical (unpaired) electrons. The third-order valence-corrected chi connectivity index (χ3v) is 4.99. The van der Waals surface area contributed by atoms with Crippen LogP contribution in [-0.4, -0.2) is 55.9 Å². The molecular weight excluding hydrogens is 359 g/mol. The molecule has 0 aliphatic carbocycles. The molecule has 3 rings (SSSR count). The molecule has 1 atom stereocenters. The third-order valence-electron chi connectivity index (χ3n) is 4.99. The van der Waals surface area contributed by atoms with E-state index in [1.54, 1.807) is 7.11 Å². The van der Waals surface area contributed by atoms with Gasteiger partial charge in [0.25, 0.3) is 0 Å². The van der Waals surface area contributed by atoms with E-state index in [1.807, 2.05) is 24.3 Å². The molecule has 1 unspecified atom stereocenters. The Kier molecular flexibility index (Phi) is 10.6. The van der Waals surface area contributed by atoms with Crippen LogP contribution in [0.3, 0.4) is 0 Å². The molecule has 2 fully saturated rings. The Labute approximate surface area is 164 Å². The number of rotatable bonds is 6. The van der Waals surface area contributed by atoms with E-state index in [1.165, 1.54) is 51.6 Å². The minimum absolute atomic E-state index is 0. The fourth-order valence-electron chi connectivity index (χ4n) is 3.66. The summed E-state index contributed by atoms with van der Waals surface area (Å²) in [5.41, 5.74) is 0. The molecule has 2 aliphatic rings. The predicted octanol–water partition coefficient (Wildman–Crippen LogP) is -2.62. The molecule has 6 heteroatoms. The summed E-state index contributed by atoms with van der Waals surface area (Å²) < 4.78 is 11.9. The first-order chi connectivity index (χ1) is 11.4. The fourth-order valence-corrected chi connectivity index (χ4v) is 3.66. The van der Waals surface area contributed by atoms with Crippen LogP contribution in [0.25, 0.3) is 0 Å². The van der Waals surface area contributed by atoms with Crippen LogP contribution in [0.1, 0.15) is 38.5 Å². The van der Waals surface area contributed by atoms with Gasteiger partial charge in [-0.25, -0.2) is 0 Å². The van der Waals surface area contributed by atoms with Crippen LogP contribution in [0.15, 0.2) is 24.3 Å². The Balaban J connectivity index is 0.00000156. The molecule has 1 aromatic rings. The Morgan fingerprint density at radius 1 is 0.840 bits per heavy atom. The highest BCUT2D eigenvalue weighted by Gasteiger charge is 2.26. The van der Waals surface area contributed by atoms with Crippen molar-refractivity contribution in [2.75, 3.05) is 39.8 Å². The van der Waals surface area contributed by atoms with Crippen LogP contribution < -0.4 is 34.3 Å². The molecule has 0 amide bonds. The van der Waals surface area contributed by atoms with Gasteiger partial charge in [-0.3, -0.25) is 9.80 Å². The van der Waals surface area contributed by atoms with Crippen molar-refractivity contribution < 1.29 is 34.3 Å². The number of likely N-dealkylation sites (tertiary alicyclic amines) is 2. The first-order valence-corrected chi connectivity index (χ1v) is 9.13. The smallest absolute Gasteiger partial charge is 0.165 e. The van der Waals surface area contributed by atoms with Crippen molar-refractivity contribution in [3.8, 4) is 11.5 Å². The van der Waals surface area contributed by atoms with Crippen LogP contribution in [0.4, 0.5) is 0 Å². The number of halogens is 2. The van der Waals surface area contributed by atoms with Gasteiger partial charge in [-0.1, -0.05) is 25.0 Å². The van der Waals surface area contributed by atoms with Gasteiger partial charge in [-0.2, -0.15) is 0 Å². The van der Waals surface area contributed by atoms with E-state index in [2.05, 4.69) is 9.80 Å². The van der Waals surface area contributed by atoms with Gasteiger partial charge >= 0.3 is 0 Å². The number of hydrogen-bond donors (Lipinski definition) is 0. The van der Waals surface area contributed by atoms with E-state index in [-0.39, 0.29) is 31.0 Å². The second-order valence-corrected chi connectivity index (χ2v) is 6.68. The summed E-state index contributed by atoms with van der Waals surface area (Å²) in [7, 11) is 1.71. The van der Waals surface area contributed by atoms with E-state index in [9.17, 15) is 0 Å². The SMILES string of the molecule is COc1ccccc1OC(CN1CCCCC1)N1CCCCC1.[Cl-].[Cl-]. The highest BCUT2D eigenvalue weighted by atomic mass is 35.5. The monoisotopic (exact) mass is 388 g/mol. The normalized spacial score (nSPS) is 20.0. The molecule has 2 aliphatic heterocycles. The maximum absolute atomic E-state index is 6.44. The average Bonchev–Trinajstić information content (AvgIpc) is 2.63. The summed E-state index contributed by atoms with van der Waals surface area (Å²) in [6.45, 7) is 5.71. The van der Waals surface area contributed by atoms with E-state index in [4.69, 9.17) is 9.47 Å². The minimum Gasteiger partial charge on any atom is -1.00 e. The van der Waals surface area contributed by atoms with Crippen LogP contribution in [0, 0.1) is 0 Å². The first-order valence-electron chi connectivity index (χ1n) is 9.13. The van der Waals surface area contributed by atoms with Gasteiger partial charge in [-0.15, -0.1) is 0 Å². The maximum Gasteiger partial charge on any atom is 0.165 e. The lowest BCUT2D eigenvalue weighted by molar-refractivity contribution is -0.0166. The van der Waals surface area contributed by atoms with Gasteiger partial charge in [0.05, 0.1) is 7.11 Å². The molecule has 0 bridgehead atoms. The van der Waals surface area contributed by atoms with E-state index < -0.39 is 0 Å². The van der Waals surface area contributed by atoms with Crippen molar-refractivity contribution in [2.24, 2.45) is 0 Å². The van der Waals surface area contributed by atoms with Gasteiger partial charge in [0, 0.05) is 19.6 Å². The molecule has 0 spiro atoms. The van der Waals surface area contributed by atoms with Crippen molar-refractivity contribution in [3.05, 3.63) is 24.3 Å². The van der Waals surface area contributed by atoms with Crippen LogP contribution in [0.5, 0.6) is 11.5 Å². The zero-order chi connectivity index (χ0) is 15.9. The number of nitrogens with zero attached hydrogens (tertiary/aromatic N) is 2. The molecule has 4 nitrogen and oxygen atoms in total. The lowest BCUT2D eigenvalue weighted by Gasteiger charge is -2.38. The van der Waals surface area contributed by atoms with Gasteiger partial charge in [-0.05, 0) is 50.9 Å². The highest BCUT2D eigenvalue weighted by molar-refractivity contribution is 5.39. The van der Waals surface area contributed by atoms with Gasteiger partial charge in [0.2, 0.25) is 0 Å². The Morgan fingerprint density at radius 3 is 2.00 bits per heavy atom.